The van der Waals surface area contributed by atoms with Gasteiger partial charge < -0.3 is 14.5 Å². The first-order valence-corrected chi connectivity index (χ1v) is 7.43. The number of nitrogens with one attached hydrogen (secondary N) is 1. The van der Waals surface area contributed by atoms with E-state index in [1.165, 1.54) is 0 Å². The smallest absolute Gasteiger partial charge is 0.157 e. The number of ether oxygens (including phenoxy) is 1. The second-order valence-corrected chi connectivity index (χ2v) is 6.20. The van der Waals surface area contributed by atoms with E-state index in [-0.39, 0.29) is 5.54 Å². The Balaban J connectivity index is 1.89. The minimum Gasteiger partial charge on any atom is -0.482 e. The zero-order chi connectivity index (χ0) is 15.3. The van der Waals surface area contributed by atoms with Crippen molar-refractivity contribution in [3.8, 4) is 5.75 Å². The third kappa shape index (κ3) is 4.93. The van der Waals surface area contributed by atoms with Crippen LogP contribution in [0.2, 0.25) is 0 Å². The average Bonchev–Trinajstić information content (AvgIpc) is 3.02. The van der Waals surface area contributed by atoms with Crippen molar-refractivity contribution in [1.82, 2.24) is 15.1 Å². The molecule has 0 radical (unpaired) electrons. The molecule has 1 N–H and O–H groups in total. The molecule has 0 saturated carbocycles. The summed E-state index contributed by atoms with van der Waals surface area (Å²) in [7, 11) is 0. The molecule has 0 atom stereocenters. The lowest BCUT2D eigenvalue weighted by atomic mass is 10.1. The summed E-state index contributed by atoms with van der Waals surface area (Å²) >= 11 is 0. The molecule has 0 spiro atoms. The zero-order valence-electron chi connectivity index (χ0n) is 13.3. The van der Waals surface area contributed by atoms with E-state index >= 15 is 0 Å². The van der Waals surface area contributed by atoms with E-state index in [0.29, 0.717) is 6.61 Å². The van der Waals surface area contributed by atoms with Crippen LogP contribution >= 0.6 is 0 Å². The Morgan fingerprint density at radius 3 is 2.90 bits per heavy atom. The summed E-state index contributed by atoms with van der Waals surface area (Å²) in [6.07, 6.45) is 6.42. The van der Waals surface area contributed by atoms with Gasteiger partial charge in [0.05, 0.1) is 18.7 Å². The van der Waals surface area contributed by atoms with Gasteiger partial charge in [0.2, 0.25) is 0 Å². The van der Waals surface area contributed by atoms with Gasteiger partial charge in [0, 0.05) is 24.2 Å². The molecular formula is C16H25N3O2. The topological polar surface area (TPSA) is 52.2 Å². The van der Waals surface area contributed by atoms with Crippen LogP contribution in [0.3, 0.4) is 0 Å². The summed E-state index contributed by atoms with van der Waals surface area (Å²) in [5.74, 6) is 1.63. The molecule has 2 aromatic heterocycles. The molecular weight excluding hydrogens is 266 g/mol. The highest BCUT2D eigenvalue weighted by molar-refractivity contribution is 5.18. The van der Waals surface area contributed by atoms with Crippen molar-refractivity contribution in [2.75, 3.05) is 0 Å². The standard InChI is InChI=1S/C16H25N3O2/c1-5-7-19-11-14(10-18-19)21-12-15-13(6-8-20-15)9-17-16(2,3)4/h6,8,10-11,17H,5,7,9,12H2,1-4H3. The number of furan rings is 1. The fourth-order valence-electron chi connectivity index (χ4n) is 1.93. The van der Waals surface area contributed by atoms with Crippen LogP contribution in [0.15, 0.2) is 29.1 Å². The Morgan fingerprint density at radius 1 is 1.38 bits per heavy atom. The van der Waals surface area contributed by atoms with E-state index in [4.69, 9.17) is 9.15 Å². The minimum absolute atomic E-state index is 0.0800. The molecule has 116 valence electrons. The van der Waals surface area contributed by atoms with Crippen molar-refractivity contribution in [2.45, 2.75) is 59.4 Å². The molecule has 0 amide bonds. The monoisotopic (exact) mass is 291 g/mol. The third-order valence-electron chi connectivity index (χ3n) is 3.08. The predicted octanol–water partition coefficient (Wildman–Crippen LogP) is 3.35. The minimum atomic E-state index is 0.0800. The molecule has 0 aliphatic heterocycles. The Bertz CT molecular complexity index is 552. The second kappa shape index (κ2) is 6.80. The summed E-state index contributed by atoms with van der Waals surface area (Å²) in [5, 5.41) is 7.70. The molecule has 2 aromatic rings. The maximum Gasteiger partial charge on any atom is 0.157 e. The molecule has 0 fully saturated rings. The molecule has 0 aliphatic carbocycles. The van der Waals surface area contributed by atoms with Crippen molar-refractivity contribution >= 4 is 0 Å². The van der Waals surface area contributed by atoms with Crippen molar-refractivity contribution in [1.29, 1.82) is 0 Å². The van der Waals surface area contributed by atoms with Gasteiger partial charge in [-0.25, -0.2) is 0 Å². The first-order valence-electron chi connectivity index (χ1n) is 7.43. The molecule has 21 heavy (non-hydrogen) atoms. The van der Waals surface area contributed by atoms with Gasteiger partial charge in [0.15, 0.2) is 5.75 Å². The van der Waals surface area contributed by atoms with Gasteiger partial charge >= 0.3 is 0 Å². The summed E-state index contributed by atoms with van der Waals surface area (Å²) < 4.78 is 13.1. The van der Waals surface area contributed by atoms with Gasteiger partial charge in [0.1, 0.15) is 12.4 Å². The lowest BCUT2D eigenvalue weighted by Gasteiger charge is -2.20. The van der Waals surface area contributed by atoms with Crippen LogP contribution in [0.5, 0.6) is 5.75 Å². The molecule has 2 heterocycles. The summed E-state index contributed by atoms with van der Waals surface area (Å²) in [6, 6.07) is 1.98. The molecule has 0 aromatic carbocycles. The van der Waals surface area contributed by atoms with Crippen LogP contribution in [0.4, 0.5) is 0 Å². The summed E-state index contributed by atoms with van der Waals surface area (Å²) in [5.41, 5.74) is 1.21. The lowest BCUT2D eigenvalue weighted by molar-refractivity contribution is 0.267. The van der Waals surface area contributed by atoms with Crippen LogP contribution in [-0.2, 0) is 19.7 Å². The largest absolute Gasteiger partial charge is 0.482 e. The molecule has 2 rings (SSSR count). The molecule has 5 heteroatoms. The molecule has 0 saturated heterocycles. The van der Waals surface area contributed by atoms with Crippen molar-refractivity contribution in [3.63, 3.8) is 0 Å². The zero-order valence-corrected chi connectivity index (χ0v) is 13.3. The van der Waals surface area contributed by atoms with Crippen molar-refractivity contribution in [3.05, 3.63) is 36.0 Å². The van der Waals surface area contributed by atoms with Crippen LogP contribution in [0, 0.1) is 0 Å². The van der Waals surface area contributed by atoms with Gasteiger partial charge in [-0.2, -0.15) is 5.10 Å². The number of aromatic nitrogens is 2. The molecule has 0 bridgehead atoms. The highest BCUT2D eigenvalue weighted by Crippen LogP contribution is 2.16. The fourth-order valence-corrected chi connectivity index (χ4v) is 1.93. The maximum atomic E-state index is 5.75. The molecule has 0 aliphatic rings. The van der Waals surface area contributed by atoms with E-state index < -0.39 is 0 Å². The highest BCUT2D eigenvalue weighted by Gasteiger charge is 2.13. The number of hydrogen-bond acceptors (Lipinski definition) is 4. The quantitative estimate of drug-likeness (QED) is 0.850. The Labute approximate surface area is 126 Å². The number of rotatable bonds is 7. The van der Waals surface area contributed by atoms with Gasteiger partial charge in [-0.15, -0.1) is 0 Å². The van der Waals surface area contributed by atoms with E-state index in [0.717, 1.165) is 36.6 Å². The Morgan fingerprint density at radius 2 is 2.19 bits per heavy atom. The third-order valence-corrected chi connectivity index (χ3v) is 3.08. The van der Waals surface area contributed by atoms with E-state index in [9.17, 15) is 0 Å². The first-order chi connectivity index (χ1) is 9.98. The van der Waals surface area contributed by atoms with Crippen molar-refractivity contribution < 1.29 is 9.15 Å². The van der Waals surface area contributed by atoms with Crippen molar-refractivity contribution in [2.24, 2.45) is 0 Å². The van der Waals surface area contributed by atoms with Gasteiger partial charge in [-0.1, -0.05) is 6.92 Å². The Hall–Kier alpha value is -1.75. The predicted molar refractivity (Wildman–Crippen MR) is 82.2 cm³/mol. The van der Waals surface area contributed by atoms with Crippen LogP contribution < -0.4 is 10.1 Å². The lowest BCUT2D eigenvalue weighted by Crippen LogP contribution is -2.35. The van der Waals surface area contributed by atoms with E-state index in [1.54, 1.807) is 12.5 Å². The summed E-state index contributed by atoms with van der Waals surface area (Å²) in [6.45, 7) is 10.7. The van der Waals surface area contributed by atoms with Gasteiger partial charge in [-0.05, 0) is 33.3 Å². The van der Waals surface area contributed by atoms with Gasteiger partial charge in [-0.3, -0.25) is 4.68 Å². The molecule has 5 nitrogen and oxygen atoms in total. The van der Waals surface area contributed by atoms with Gasteiger partial charge in [0.25, 0.3) is 0 Å². The fraction of sp³-hybridized carbons (Fsp3) is 0.562. The summed E-state index contributed by atoms with van der Waals surface area (Å²) in [4.78, 5) is 0. The average molecular weight is 291 g/mol. The van der Waals surface area contributed by atoms with E-state index in [2.05, 4.69) is 38.1 Å². The van der Waals surface area contributed by atoms with Crippen LogP contribution in [-0.4, -0.2) is 15.3 Å². The first kappa shape index (κ1) is 15.6. The molecule has 0 unspecified atom stereocenters. The number of aryl methyl sites for hydroxylation is 1. The second-order valence-electron chi connectivity index (χ2n) is 6.20. The van der Waals surface area contributed by atoms with E-state index in [1.807, 2.05) is 16.9 Å². The van der Waals surface area contributed by atoms with Crippen LogP contribution in [0.25, 0.3) is 0 Å². The number of hydrogen-bond donors (Lipinski definition) is 1. The Kier molecular flexibility index (Phi) is 5.07. The SMILES string of the molecule is CCCn1cc(OCc2occc2CNC(C)(C)C)cn1. The number of nitrogens with zero attached hydrogens (tertiary/aromatic N) is 2. The highest BCUT2D eigenvalue weighted by atomic mass is 16.5. The normalized spacial score (nSPS) is 11.8. The van der Waals surface area contributed by atoms with Crippen LogP contribution in [0.1, 0.15) is 45.4 Å². The maximum absolute atomic E-state index is 5.75.